The van der Waals surface area contributed by atoms with Crippen LogP contribution in [0.2, 0.25) is 5.15 Å². The molecule has 0 unspecified atom stereocenters. The molecule has 3 nitrogen and oxygen atoms in total. The second kappa shape index (κ2) is 2.45. The Kier molecular flexibility index (Phi) is 1.38. The fourth-order valence-corrected chi connectivity index (χ4v) is 1.66. The molecule has 2 heterocycles. The van der Waals surface area contributed by atoms with E-state index in [1.807, 2.05) is 16.8 Å². The second-order valence-electron chi connectivity index (χ2n) is 3.41. The average Bonchev–Trinajstić information content (AvgIpc) is 2.93. The van der Waals surface area contributed by atoms with Gasteiger partial charge in [-0.25, -0.2) is 9.97 Å². The van der Waals surface area contributed by atoms with Crippen LogP contribution in [-0.4, -0.2) is 14.4 Å². The van der Waals surface area contributed by atoms with Gasteiger partial charge in [-0.3, -0.25) is 4.40 Å². The van der Waals surface area contributed by atoms with E-state index in [2.05, 4.69) is 9.97 Å². The van der Waals surface area contributed by atoms with E-state index in [9.17, 15) is 0 Å². The molecule has 0 aliphatic heterocycles. The molecule has 1 aliphatic rings. The van der Waals surface area contributed by atoms with E-state index >= 15 is 0 Å². The average molecular weight is 194 g/mol. The summed E-state index contributed by atoms with van der Waals surface area (Å²) in [5.74, 6) is 1.38. The molecular weight excluding hydrogens is 186 g/mol. The van der Waals surface area contributed by atoms with Crippen molar-refractivity contribution in [1.82, 2.24) is 14.4 Å². The SMILES string of the molecule is Clc1cnc2ncc(C3CC3)cn12. The molecule has 0 aromatic carbocycles. The molecule has 0 saturated heterocycles. The highest BCUT2D eigenvalue weighted by Gasteiger charge is 2.24. The zero-order valence-corrected chi connectivity index (χ0v) is 7.70. The van der Waals surface area contributed by atoms with Crippen molar-refractivity contribution < 1.29 is 0 Å². The number of hydrogen-bond donors (Lipinski definition) is 0. The quantitative estimate of drug-likeness (QED) is 0.696. The minimum absolute atomic E-state index is 0.630. The Morgan fingerprint density at radius 1 is 1.31 bits per heavy atom. The second-order valence-corrected chi connectivity index (χ2v) is 3.80. The number of halogens is 1. The van der Waals surface area contributed by atoms with Crippen LogP contribution >= 0.6 is 11.6 Å². The van der Waals surface area contributed by atoms with E-state index in [-0.39, 0.29) is 0 Å². The summed E-state index contributed by atoms with van der Waals surface area (Å²) >= 11 is 5.93. The van der Waals surface area contributed by atoms with Crippen molar-refractivity contribution in [3.63, 3.8) is 0 Å². The lowest BCUT2D eigenvalue weighted by Crippen LogP contribution is -1.91. The molecule has 2 aromatic heterocycles. The first-order valence-corrected chi connectivity index (χ1v) is 4.71. The van der Waals surface area contributed by atoms with Gasteiger partial charge in [-0.05, 0) is 24.3 Å². The van der Waals surface area contributed by atoms with Crippen LogP contribution in [0.1, 0.15) is 24.3 Å². The van der Waals surface area contributed by atoms with Gasteiger partial charge in [-0.15, -0.1) is 0 Å². The van der Waals surface area contributed by atoms with Crippen molar-refractivity contribution in [1.29, 1.82) is 0 Å². The summed E-state index contributed by atoms with van der Waals surface area (Å²) in [5, 5.41) is 0.630. The topological polar surface area (TPSA) is 30.2 Å². The molecule has 1 fully saturated rings. The van der Waals surface area contributed by atoms with Gasteiger partial charge in [-0.1, -0.05) is 11.6 Å². The number of rotatable bonds is 1. The summed E-state index contributed by atoms with van der Waals surface area (Å²) in [4.78, 5) is 8.29. The van der Waals surface area contributed by atoms with Gasteiger partial charge in [0.25, 0.3) is 0 Å². The molecule has 66 valence electrons. The number of hydrogen-bond acceptors (Lipinski definition) is 2. The summed E-state index contributed by atoms with van der Waals surface area (Å²) in [7, 11) is 0. The first kappa shape index (κ1) is 7.33. The van der Waals surface area contributed by atoms with E-state index < -0.39 is 0 Å². The van der Waals surface area contributed by atoms with Crippen molar-refractivity contribution in [2.24, 2.45) is 0 Å². The van der Waals surface area contributed by atoms with Crippen LogP contribution < -0.4 is 0 Å². The summed E-state index contributed by atoms with van der Waals surface area (Å²) in [6, 6.07) is 0. The van der Waals surface area contributed by atoms with Crippen LogP contribution in [0, 0.1) is 0 Å². The minimum Gasteiger partial charge on any atom is -0.274 e. The molecule has 1 saturated carbocycles. The van der Waals surface area contributed by atoms with Gasteiger partial charge in [0.15, 0.2) is 0 Å². The van der Waals surface area contributed by atoms with Gasteiger partial charge in [0.1, 0.15) is 5.15 Å². The van der Waals surface area contributed by atoms with Gasteiger partial charge < -0.3 is 0 Å². The minimum atomic E-state index is 0.630. The van der Waals surface area contributed by atoms with E-state index in [4.69, 9.17) is 11.6 Å². The molecule has 0 radical (unpaired) electrons. The Hall–Kier alpha value is -1.09. The Morgan fingerprint density at radius 2 is 2.08 bits per heavy atom. The molecule has 0 bridgehead atoms. The highest BCUT2D eigenvalue weighted by atomic mass is 35.5. The monoisotopic (exact) mass is 193 g/mol. The summed E-state index contributed by atoms with van der Waals surface area (Å²) in [6.45, 7) is 0. The predicted octanol–water partition coefficient (Wildman–Crippen LogP) is 2.26. The van der Waals surface area contributed by atoms with Crippen molar-refractivity contribution >= 4 is 17.4 Å². The van der Waals surface area contributed by atoms with Crippen molar-refractivity contribution in [2.75, 3.05) is 0 Å². The standard InChI is InChI=1S/C9H8ClN3/c10-8-4-12-9-11-3-7(5-13(8)9)6-1-2-6/h3-6H,1-2H2. The Morgan fingerprint density at radius 3 is 2.85 bits per heavy atom. The Bertz CT molecular complexity index is 459. The zero-order valence-electron chi connectivity index (χ0n) is 6.94. The molecule has 0 amide bonds. The maximum atomic E-state index is 5.93. The fourth-order valence-electron chi connectivity index (χ4n) is 1.49. The molecular formula is C9H8ClN3. The van der Waals surface area contributed by atoms with Gasteiger partial charge in [0.05, 0.1) is 6.20 Å². The third-order valence-corrected chi connectivity index (χ3v) is 2.67. The van der Waals surface area contributed by atoms with Crippen LogP contribution in [0.5, 0.6) is 0 Å². The van der Waals surface area contributed by atoms with Crippen molar-refractivity contribution in [2.45, 2.75) is 18.8 Å². The third kappa shape index (κ3) is 1.11. The lowest BCUT2D eigenvalue weighted by Gasteiger charge is -1.98. The zero-order chi connectivity index (χ0) is 8.84. The maximum Gasteiger partial charge on any atom is 0.234 e. The van der Waals surface area contributed by atoms with Gasteiger partial charge in [-0.2, -0.15) is 0 Å². The van der Waals surface area contributed by atoms with Crippen LogP contribution in [-0.2, 0) is 0 Å². The van der Waals surface area contributed by atoms with E-state index in [1.54, 1.807) is 6.20 Å². The molecule has 4 heteroatoms. The molecule has 0 spiro atoms. The molecule has 1 aliphatic carbocycles. The summed E-state index contributed by atoms with van der Waals surface area (Å²) < 4.78 is 1.83. The van der Waals surface area contributed by atoms with Crippen LogP contribution in [0.15, 0.2) is 18.6 Å². The largest absolute Gasteiger partial charge is 0.274 e. The first-order valence-electron chi connectivity index (χ1n) is 4.33. The van der Waals surface area contributed by atoms with Crippen LogP contribution in [0.4, 0.5) is 0 Å². The Labute approximate surface area is 80.4 Å². The highest BCUT2D eigenvalue weighted by Crippen LogP contribution is 2.39. The van der Waals surface area contributed by atoms with Crippen molar-refractivity contribution in [3.8, 4) is 0 Å². The van der Waals surface area contributed by atoms with Crippen LogP contribution in [0.3, 0.4) is 0 Å². The maximum absolute atomic E-state index is 5.93. The molecule has 0 atom stereocenters. The molecule has 0 N–H and O–H groups in total. The highest BCUT2D eigenvalue weighted by molar-refractivity contribution is 6.29. The molecule has 13 heavy (non-hydrogen) atoms. The molecule has 2 aromatic rings. The predicted molar refractivity (Wildman–Crippen MR) is 50.0 cm³/mol. The first-order chi connectivity index (χ1) is 6.34. The number of imidazole rings is 1. The smallest absolute Gasteiger partial charge is 0.234 e. The number of fused-ring (bicyclic) bond motifs is 1. The Balaban J connectivity index is 2.24. The normalized spacial score (nSPS) is 16.7. The molecule has 3 rings (SSSR count). The van der Waals surface area contributed by atoms with Gasteiger partial charge in [0, 0.05) is 12.4 Å². The van der Waals surface area contributed by atoms with Crippen LogP contribution in [0.25, 0.3) is 5.78 Å². The van der Waals surface area contributed by atoms with E-state index in [0.717, 1.165) is 0 Å². The van der Waals surface area contributed by atoms with Gasteiger partial charge >= 0.3 is 0 Å². The third-order valence-electron chi connectivity index (χ3n) is 2.39. The number of nitrogens with zero attached hydrogens (tertiary/aromatic N) is 3. The summed E-state index contributed by atoms with van der Waals surface area (Å²) in [5.41, 5.74) is 1.27. The van der Waals surface area contributed by atoms with Gasteiger partial charge in [0.2, 0.25) is 5.78 Å². The lowest BCUT2D eigenvalue weighted by atomic mass is 10.2. The van der Waals surface area contributed by atoms with Crippen molar-refractivity contribution in [3.05, 3.63) is 29.3 Å². The lowest BCUT2D eigenvalue weighted by molar-refractivity contribution is 1.01. The van der Waals surface area contributed by atoms with E-state index in [1.165, 1.54) is 18.4 Å². The van der Waals surface area contributed by atoms with E-state index in [0.29, 0.717) is 16.8 Å². The number of aromatic nitrogens is 3. The fraction of sp³-hybridized carbons (Fsp3) is 0.333. The summed E-state index contributed by atoms with van der Waals surface area (Å²) in [6.07, 6.45) is 8.12.